The maximum absolute atomic E-state index is 11.8. The number of aryl methyl sites for hydroxylation is 1. The lowest BCUT2D eigenvalue weighted by Gasteiger charge is -2.30. The molecule has 0 unspecified atom stereocenters. The van der Waals surface area contributed by atoms with Crippen molar-refractivity contribution in [1.82, 2.24) is 4.90 Å². The van der Waals surface area contributed by atoms with E-state index in [4.69, 9.17) is 4.42 Å². The molecular weight excluding hydrogens is 206 g/mol. The topological polar surface area (TPSA) is 53.7 Å². The van der Waals surface area contributed by atoms with Gasteiger partial charge >= 0.3 is 0 Å². The summed E-state index contributed by atoms with van der Waals surface area (Å²) in [5.74, 6) is 0.945. The van der Waals surface area contributed by atoms with Crippen molar-refractivity contribution in [3.63, 3.8) is 0 Å². The van der Waals surface area contributed by atoms with Crippen LogP contribution in [0, 0.1) is 0 Å². The Bertz CT molecular complexity index is 334. The molecule has 1 atom stereocenters. The molecule has 1 aromatic heterocycles. The highest BCUT2D eigenvalue weighted by Gasteiger charge is 2.21. The molecule has 1 aliphatic rings. The second-order valence-corrected chi connectivity index (χ2v) is 4.22. The van der Waals surface area contributed by atoms with E-state index in [2.05, 4.69) is 0 Å². The first-order valence-electron chi connectivity index (χ1n) is 5.74. The number of hydrogen-bond donors (Lipinski definition) is 1. The summed E-state index contributed by atoms with van der Waals surface area (Å²) in [6.45, 7) is 1.25. The molecule has 1 N–H and O–H groups in total. The van der Waals surface area contributed by atoms with Gasteiger partial charge in [-0.1, -0.05) is 0 Å². The standard InChI is InChI=1S/C12H17NO3/c14-10-3-1-7-13(9-10)12(15)6-5-11-4-2-8-16-11/h2,4,8,10,14H,1,3,5-7,9H2/t10-/m0/s1. The zero-order chi connectivity index (χ0) is 11.4. The van der Waals surface area contributed by atoms with Crippen molar-refractivity contribution in [2.45, 2.75) is 31.8 Å². The van der Waals surface area contributed by atoms with Crippen molar-refractivity contribution in [3.8, 4) is 0 Å². The molecule has 1 fully saturated rings. The third-order valence-corrected chi connectivity index (χ3v) is 2.91. The van der Waals surface area contributed by atoms with E-state index in [9.17, 15) is 9.90 Å². The van der Waals surface area contributed by atoms with Crippen LogP contribution in [0.15, 0.2) is 22.8 Å². The van der Waals surface area contributed by atoms with Crippen LogP contribution in [0.4, 0.5) is 0 Å². The third-order valence-electron chi connectivity index (χ3n) is 2.91. The molecule has 0 spiro atoms. The number of piperidine rings is 1. The van der Waals surface area contributed by atoms with Gasteiger partial charge in [0.1, 0.15) is 5.76 Å². The number of hydrogen-bond acceptors (Lipinski definition) is 3. The van der Waals surface area contributed by atoms with E-state index in [1.807, 2.05) is 12.1 Å². The van der Waals surface area contributed by atoms with Crippen LogP contribution in [0.5, 0.6) is 0 Å². The number of nitrogens with zero attached hydrogens (tertiary/aromatic N) is 1. The van der Waals surface area contributed by atoms with Crippen LogP contribution in [0.25, 0.3) is 0 Å². The highest BCUT2D eigenvalue weighted by molar-refractivity contribution is 5.76. The summed E-state index contributed by atoms with van der Waals surface area (Å²) in [5, 5.41) is 9.47. The molecular formula is C12H17NO3. The van der Waals surface area contributed by atoms with Gasteiger partial charge in [0.15, 0.2) is 0 Å². The Balaban J connectivity index is 1.79. The molecule has 1 amide bonds. The molecule has 0 aromatic carbocycles. The SMILES string of the molecule is O=C(CCc1ccco1)N1CCC[C@H](O)C1. The number of aliphatic hydroxyl groups is 1. The first-order valence-corrected chi connectivity index (χ1v) is 5.74. The van der Waals surface area contributed by atoms with Crippen LogP contribution < -0.4 is 0 Å². The van der Waals surface area contributed by atoms with Gasteiger partial charge in [-0.15, -0.1) is 0 Å². The predicted octanol–water partition coefficient (Wildman–Crippen LogP) is 1.20. The summed E-state index contributed by atoms with van der Waals surface area (Å²) < 4.78 is 5.17. The van der Waals surface area contributed by atoms with Crippen molar-refractivity contribution >= 4 is 5.91 Å². The number of carbonyl (C=O) groups is 1. The Morgan fingerprint density at radius 1 is 1.62 bits per heavy atom. The van der Waals surface area contributed by atoms with E-state index in [0.29, 0.717) is 19.4 Å². The van der Waals surface area contributed by atoms with E-state index in [1.54, 1.807) is 11.2 Å². The first kappa shape index (κ1) is 11.2. The lowest BCUT2D eigenvalue weighted by Crippen LogP contribution is -2.42. The van der Waals surface area contributed by atoms with Gasteiger partial charge < -0.3 is 14.4 Å². The average molecular weight is 223 g/mol. The maximum Gasteiger partial charge on any atom is 0.223 e. The molecule has 2 heterocycles. The number of rotatable bonds is 3. The second kappa shape index (κ2) is 5.16. The predicted molar refractivity (Wildman–Crippen MR) is 58.8 cm³/mol. The normalized spacial score (nSPS) is 21.1. The highest BCUT2D eigenvalue weighted by Crippen LogP contribution is 2.12. The van der Waals surface area contributed by atoms with Gasteiger partial charge in [-0.3, -0.25) is 4.79 Å². The van der Waals surface area contributed by atoms with E-state index >= 15 is 0 Å². The van der Waals surface area contributed by atoms with Gasteiger partial charge in [0, 0.05) is 25.9 Å². The number of carbonyl (C=O) groups excluding carboxylic acids is 1. The van der Waals surface area contributed by atoms with Gasteiger partial charge in [0.05, 0.1) is 12.4 Å². The molecule has 2 rings (SSSR count). The van der Waals surface area contributed by atoms with Crippen molar-refractivity contribution in [2.75, 3.05) is 13.1 Å². The zero-order valence-electron chi connectivity index (χ0n) is 9.26. The number of likely N-dealkylation sites (tertiary alicyclic amines) is 1. The van der Waals surface area contributed by atoms with Gasteiger partial charge in [-0.2, -0.15) is 0 Å². The van der Waals surface area contributed by atoms with Crippen molar-refractivity contribution in [3.05, 3.63) is 24.2 Å². The number of β-amino-alcohol motifs (C(OH)–C–C–N with tert-alkyl or cyclic N) is 1. The Morgan fingerprint density at radius 3 is 3.19 bits per heavy atom. The Morgan fingerprint density at radius 2 is 2.50 bits per heavy atom. The van der Waals surface area contributed by atoms with Crippen molar-refractivity contribution in [1.29, 1.82) is 0 Å². The maximum atomic E-state index is 11.8. The molecule has 0 radical (unpaired) electrons. The summed E-state index contributed by atoms with van der Waals surface area (Å²) in [6, 6.07) is 3.70. The minimum absolute atomic E-state index is 0.107. The minimum atomic E-state index is -0.346. The lowest BCUT2D eigenvalue weighted by atomic mass is 10.1. The molecule has 1 aromatic rings. The molecule has 16 heavy (non-hydrogen) atoms. The van der Waals surface area contributed by atoms with Gasteiger partial charge in [0.25, 0.3) is 0 Å². The molecule has 0 aliphatic carbocycles. The Kier molecular flexibility index (Phi) is 3.62. The lowest BCUT2D eigenvalue weighted by molar-refractivity contribution is -0.134. The van der Waals surface area contributed by atoms with Crippen LogP contribution in [0.2, 0.25) is 0 Å². The van der Waals surface area contributed by atoms with E-state index in [1.165, 1.54) is 0 Å². The second-order valence-electron chi connectivity index (χ2n) is 4.22. The molecule has 4 nitrogen and oxygen atoms in total. The van der Waals surface area contributed by atoms with E-state index in [-0.39, 0.29) is 12.0 Å². The van der Waals surface area contributed by atoms with Crippen LogP contribution in [-0.2, 0) is 11.2 Å². The molecule has 0 bridgehead atoms. The first-order chi connectivity index (χ1) is 7.75. The monoisotopic (exact) mass is 223 g/mol. The largest absolute Gasteiger partial charge is 0.469 e. The molecule has 88 valence electrons. The minimum Gasteiger partial charge on any atom is -0.469 e. The molecule has 1 aliphatic heterocycles. The van der Waals surface area contributed by atoms with Crippen LogP contribution in [0.1, 0.15) is 25.0 Å². The third kappa shape index (κ3) is 2.85. The fourth-order valence-corrected chi connectivity index (χ4v) is 2.02. The van der Waals surface area contributed by atoms with E-state index < -0.39 is 0 Å². The zero-order valence-corrected chi connectivity index (χ0v) is 9.26. The molecule has 1 saturated heterocycles. The smallest absolute Gasteiger partial charge is 0.223 e. The highest BCUT2D eigenvalue weighted by atomic mass is 16.3. The quantitative estimate of drug-likeness (QED) is 0.837. The fourth-order valence-electron chi connectivity index (χ4n) is 2.02. The number of furan rings is 1. The Hall–Kier alpha value is -1.29. The summed E-state index contributed by atoms with van der Waals surface area (Å²) in [7, 11) is 0. The van der Waals surface area contributed by atoms with Gasteiger partial charge in [0.2, 0.25) is 5.91 Å². The number of amides is 1. The van der Waals surface area contributed by atoms with Gasteiger partial charge in [-0.25, -0.2) is 0 Å². The van der Waals surface area contributed by atoms with Crippen molar-refractivity contribution < 1.29 is 14.3 Å². The molecule has 0 saturated carbocycles. The van der Waals surface area contributed by atoms with Crippen LogP contribution in [0.3, 0.4) is 0 Å². The van der Waals surface area contributed by atoms with Crippen LogP contribution in [-0.4, -0.2) is 35.1 Å². The fraction of sp³-hybridized carbons (Fsp3) is 0.583. The van der Waals surface area contributed by atoms with Crippen molar-refractivity contribution in [2.24, 2.45) is 0 Å². The van der Waals surface area contributed by atoms with E-state index in [0.717, 1.165) is 25.1 Å². The number of aliphatic hydroxyl groups excluding tert-OH is 1. The van der Waals surface area contributed by atoms with Gasteiger partial charge in [-0.05, 0) is 25.0 Å². The summed E-state index contributed by atoms with van der Waals surface area (Å²) in [4.78, 5) is 13.6. The Labute approximate surface area is 94.9 Å². The molecule has 4 heteroatoms. The summed E-state index contributed by atoms with van der Waals surface area (Å²) >= 11 is 0. The summed E-state index contributed by atoms with van der Waals surface area (Å²) in [6.07, 6.45) is 4.07. The summed E-state index contributed by atoms with van der Waals surface area (Å²) in [5.41, 5.74) is 0. The van der Waals surface area contributed by atoms with Crippen LogP contribution >= 0.6 is 0 Å². The average Bonchev–Trinajstić information content (AvgIpc) is 2.78.